The number of aromatic amines is 2. The van der Waals surface area contributed by atoms with Crippen LogP contribution in [0.3, 0.4) is 0 Å². The number of furan rings is 1. The zero-order valence-electron chi connectivity index (χ0n) is 7.61. The van der Waals surface area contributed by atoms with Crippen LogP contribution in [0.15, 0.2) is 27.6 Å². The van der Waals surface area contributed by atoms with Crippen molar-refractivity contribution in [2.75, 3.05) is 0 Å². The van der Waals surface area contributed by atoms with Gasteiger partial charge in [0.1, 0.15) is 11.5 Å². The number of nitrogens with one attached hydrogen (secondary N) is 2. The third-order valence-electron chi connectivity index (χ3n) is 1.95. The highest BCUT2D eigenvalue weighted by Gasteiger charge is 2.14. The van der Waals surface area contributed by atoms with Crippen molar-refractivity contribution in [2.45, 2.75) is 6.42 Å². The Morgan fingerprint density at radius 3 is 2.87 bits per heavy atom. The molecule has 0 radical (unpaired) electrons. The van der Waals surface area contributed by atoms with Crippen molar-refractivity contribution in [1.29, 1.82) is 0 Å². The summed E-state index contributed by atoms with van der Waals surface area (Å²) < 4.78 is 5.05. The molecular weight excluding hydrogens is 200 g/mol. The Hall–Kier alpha value is -2.24. The zero-order chi connectivity index (χ0) is 10.8. The SMILES string of the molecule is O=C(O)c1[nH]c(=O)[nH]c1Cc1ccco1. The number of aromatic nitrogens is 2. The molecule has 0 bridgehead atoms. The van der Waals surface area contributed by atoms with E-state index in [0.29, 0.717) is 11.5 Å². The fourth-order valence-corrected chi connectivity index (χ4v) is 1.32. The molecule has 0 saturated heterocycles. The highest BCUT2D eigenvalue weighted by molar-refractivity contribution is 5.86. The normalized spacial score (nSPS) is 10.4. The summed E-state index contributed by atoms with van der Waals surface area (Å²) in [5.41, 5.74) is -0.354. The fraction of sp³-hybridized carbons (Fsp3) is 0.111. The third kappa shape index (κ3) is 1.83. The molecule has 2 aromatic rings. The van der Waals surface area contributed by atoms with Crippen molar-refractivity contribution in [2.24, 2.45) is 0 Å². The van der Waals surface area contributed by atoms with Crippen LogP contribution in [0, 0.1) is 0 Å². The average Bonchev–Trinajstić information content (AvgIpc) is 2.75. The van der Waals surface area contributed by atoms with Crippen molar-refractivity contribution in [1.82, 2.24) is 9.97 Å². The van der Waals surface area contributed by atoms with Crippen LogP contribution in [0.5, 0.6) is 0 Å². The van der Waals surface area contributed by atoms with Crippen molar-refractivity contribution in [3.05, 3.63) is 46.0 Å². The van der Waals surface area contributed by atoms with Gasteiger partial charge in [-0.05, 0) is 12.1 Å². The van der Waals surface area contributed by atoms with E-state index in [1.807, 2.05) is 0 Å². The molecular formula is C9H8N2O4. The Balaban J connectivity index is 2.36. The van der Waals surface area contributed by atoms with Crippen LogP contribution in [-0.2, 0) is 6.42 Å². The van der Waals surface area contributed by atoms with Crippen LogP contribution in [-0.4, -0.2) is 21.0 Å². The molecule has 0 spiro atoms. The van der Waals surface area contributed by atoms with Crippen LogP contribution >= 0.6 is 0 Å². The van der Waals surface area contributed by atoms with Gasteiger partial charge in [0.2, 0.25) is 0 Å². The number of carboxylic acid groups (broad SMARTS) is 1. The maximum absolute atomic E-state index is 10.9. The molecule has 3 N–H and O–H groups in total. The second-order valence-electron chi connectivity index (χ2n) is 2.99. The molecule has 2 heterocycles. The molecule has 15 heavy (non-hydrogen) atoms. The van der Waals surface area contributed by atoms with Gasteiger partial charge in [0.25, 0.3) is 0 Å². The Bertz CT molecular complexity index is 521. The summed E-state index contributed by atoms with van der Waals surface area (Å²) in [6.45, 7) is 0. The lowest BCUT2D eigenvalue weighted by Crippen LogP contribution is -2.04. The number of imidazole rings is 1. The largest absolute Gasteiger partial charge is 0.477 e. The van der Waals surface area contributed by atoms with Gasteiger partial charge < -0.3 is 14.5 Å². The molecule has 6 heteroatoms. The second-order valence-corrected chi connectivity index (χ2v) is 2.99. The quantitative estimate of drug-likeness (QED) is 0.687. The van der Waals surface area contributed by atoms with Gasteiger partial charge in [0.05, 0.1) is 12.0 Å². The first kappa shape index (κ1) is 9.32. The molecule has 0 aliphatic carbocycles. The summed E-state index contributed by atoms with van der Waals surface area (Å²) >= 11 is 0. The van der Waals surface area contributed by atoms with Gasteiger partial charge in [-0.25, -0.2) is 9.59 Å². The lowest BCUT2D eigenvalue weighted by Gasteiger charge is -1.95. The van der Waals surface area contributed by atoms with E-state index in [1.165, 1.54) is 6.26 Å². The lowest BCUT2D eigenvalue weighted by atomic mass is 10.2. The number of carboxylic acids is 1. The predicted molar refractivity (Wildman–Crippen MR) is 49.9 cm³/mol. The molecule has 2 rings (SSSR count). The Morgan fingerprint density at radius 2 is 2.27 bits per heavy atom. The molecule has 2 aromatic heterocycles. The van der Waals surface area contributed by atoms with Gasteiger partial charge >= 0.3 is 11.7 Å². The summed E-state index contributed by atoms with van der Waals surface area (Å²) in [5.74, 6) is -0.581. The minimum Gasteiger partial charge on any atom is -0.477 e. The highest BCUT2D eigenvalue weighted by atomic mass is 16.4. The summed E-state index contributed by atoms with van der Waals surface area (Å²) in [4.78, 5) is 26.3. The molecule has 6 nitrogen and oxygen atoms in total. The van der Waals surface area contributed by atoms with Gasteiger partial charge in [0.15, 0.2) is 0 Å². The molecule has 78 valence electrons. The van der Waals surface area contributed by atoms with E-state index in [-0.39, 0.29) is 12.1 Å². The van der Waals surface area contributed by atoms with E-state index >= 15 is 0 Å². The van der Waals surface area contributed by atoms with E-state index in [0.717, 1.165) is 0 Å². The zero-order valence-corrected chi connectivity index (χ0v) is 7.61. The average molecular weight is 208 g/mol. The molecule has 0 amide bonds. The number of aromatic carboxylic acids is 1. The molecule has 0 saturated carbocycles. The second kappa shape index (κ2) is 3.49. The minimum atomic E-state index is -1.17. The predicted octanol–water partition coefficient (Wildman–Crippen LogP) is 0.585. The van der Waals surface area contributed by atoms with E-state index in [4.69, 9.17) is 9.52 Å². The van der Waals surface area contributed by atoms with Gasteiger partial charge in [-0.2, -0.15) is 0 Å². The van der Waals surface area contributed by atoms with Crippen molar-refractivity contribution in [3.63, 3.8) is 0 Å². The standard InChI is InChI=1S/C9H8N2O4/c12-8(13)7-6(10-9(14)11-7)4-5-2-1-3-15-5/h1-3H,4H2,(H,12,13)(H2,10,11,14). The summed E-state index contributed by atoms with van der Waals surface area (Å²) in [7, 11) is 0. The van der Waals surface area contributed by atoms with Crippen molar-refractivity contribution < 1.29 is 14.3 Å². The van der Waals surface area contributed by atoms with Crippen LogP contribution < -0.4 is 5.69 Å². The molecule has 0 fully saturated rings. The van der Waals surface area contributed by atoms with Gasteiger partial charge in [-0.1, -0.05) is 0 Å². The maximum atomic E-state index is 10.9. The molecule has 0 aromatic carbocycles. The van der Waals surface area contributed by atoms with Crippen molar-refractivity contribution >= 4 is 5.97 Å². The van der Waals surface area contributed by atoms with Crippen molar-refractivity contribution in [3.8, 4) is 0 Å². The summed E-state index contributed by atoms with van der Waals surface area (Å²) in [6.07, 6.45) is 1.73. The van der Waals surface area contributed by atoms with Crippen LogP contribution in [0.4, 0.5) is 0 Å². The smallest absolute Gasteiger partial charge is 0.354 e. The number of H-pyrrole nitrogens is 2. The topological polar surface area (TPSA) is 99.1 Å². The Morgan fingerprint density at radius 1 is 1.47 bits per heavy atom. The lowest BCUT2D eigenvalue weighted by molar-refractivity contribution is 0.0690. The van der Waals surface area contributed by atoms with Gasteiger partial charge in [0, 0.05) is 6.42 Å². The van der Waals surface area contributed by atoms with E-state index in [9.17, 15) is 9.59 Å². The summed E-state index contributed by atoms with van der Waals surface area (Å²) in [6, 6.07) is 3.40. The number of hydrogen-bond donors (Lipinski definition) is 3. The number of rotatable bonds is 3. The first-order chi connectivity index (χ1) is 7.16. The molecule has 0 aliphatic heterocycles. The fourth-order valence-electron chi connectivity index (χ4n) is 1.32. The highest BCUT2D eigenvalue weighted by Crippen LogP contribution is 2.09. The van der Waals surface area contributed by atoms with E-state index < -0.39 is 11.7 Å². The monoisotopic (exact) mass is 208 g/mol. The van der Waals surface area contributed by atoms with Crippen LogP contribution in [0.2, 0.25) is 0 Å². The Kier molecular flexibility index (Phi) is 2.17. The van der Waals surface area contributed by atoms with Crippen LogP contribution in [0.25, 0.3) is 0 Å². The van der Waals surface area contributed by atoms with E-state index in [1.54, 1.807) is 12.1 Å². The van der Waals surface area contributed by atoms with Gasteiger partial charge in [-0.15, -0.1) is 0 Å². The molecule has 0 aliphatic rings. The first-order valence-electron chi connectivity index (χ1n) is 4.23. The molecule has 0 atom stereocenters. The minimum absolute atomic E-state index is 0.128. The molecule has 0 unspecified atom stereocenters. The number of hydrogen-bond acceptors (Lipinski definition) is 3. The Labute approximate surface area is 83.6 Å². The first-order valence-corrected chi connectivity index (χ1v) is 4.23. The van der Waals surface area contributed by atoms with Gasteiger partial charge in [-0.3, -0.25) is 4.98 Å². The third-order valence-corrected chi connectivity index (χ3v) is 1.95. The maximum Gasteiger partial charge on any atom is 0.354 e. The van der Waals surface area contributed by atoms with E-state index in [2.05, 4.69) is 9.97 Å². The summed E-state index contributed by atoms with van der Waals surface area (Å²) in [5, 5.41) is 8.79. The number of carbonyl (C=O) groups is 1. The van der Waals surface area contributed by atoms with Crippen LogP contribution in [0.1, 0.15) is 21.9 Å².